The van der Waals surface area contributed by atoms with Gasteiger partial charge in [-0.15, -0.1) is 0 Å². The van der Waals surface area contributed by atoms with E-state index in [0.717, 1.165) is 0 Å². The van der Waals surface area contributed by atoms with Crippen molar-refractivity contribution in [1.82, 2.24) is 15.4 Å². The van der Waals surface area contributed by atoms with Crippen LogP contribution in [0.25, 0.3) is 0 Å². The first kappa shape index (κ1) is 10.3. The Morgan fingerprint density at radius 2 is 2.20 bits per heavy atom. The molecule has 1 atom stereocenters. The van der Waals surface area contributed by atoms with Crippen molar-refractivity contribution in [3.05, 3.63) is 41.2 Å². The van der Waals surface area contributed by atoms with Crippen molar-refractivity contribution in [2.24, 2.45) is 0 Å². The van der Waals surface area contributed by atoms with Crippen LogP contribution >= 0.6 is 11.6 Å². The van der Waals surface area contributed by atoms with Crippen LogP contribution in [-0.2, 0) is 16.6 Å². The molecule has 0 saturated carbocycles. The second kappa shape index (κ2) is 4.55. The molecular weight excluding hydrogens is 234 g/mol. The first-order chi connectivity index (χ1) is 7.27. The minimum Gasteiger partial charge on any atom is -0.254 e. The highest BCUT2D eigenvalue weighted by Gasteiger charge is 2.09. The summed E-state index contributed by atoms with van der Waals surface area (Å²) in [5.41, 5.74) is 0.660. The van der Waals surface area contributed by atoms with E-state index in [0.29, 0.717) is 21.4 Å². The smallest absolute Gasteiger partial charge is 0.0953 e. The van der Waals surface area contributed by atoms with Crippen LogP contribution in [0.1, 0.15) is 5.69 Å². The number of halogens is 1. The summed E-state index contributed by atoms with van der Waals surface area (Å²) in [6, 6.07) is 7.08. The molecule has 1 aromatic heterocycles. The molecule has 0 aliphatic carbocycles. The van der Waals surface area contributed by atoms with Gasteiger partial charge in [-0.3, -0.25) is 4.21 Å². The Bertz CT molecular complexity index is 472. The monoisotopic (exact) mass is 241 g/mol. The zero-order valence-corrected chi connectivity index (χ0v) is 9.26. The van der Waals surface area contributed by atoms with Crippen LogP contribution in [0.15, 0.2) is 35.4 Å². The Balaban J connectivity index is 2.19. The fourth-order valence-electron chi connectivity index (χ4n) is 1.14. The van der Waals surface area contributed by atoms with Crippen LogP contribution in [0.3, 0.4) is 0 Å². The van der Waals surface area contributed by atoms with E-state index in [1.165, 1.54) is 0 Å². The average Bonchev–Trinajstić information content (AvgIpc) is 2.71. The van der Waals surface area contributed by atoms with E-state index in [-0.39, 0.29) is 0 Å². The Kier molecular flexibility index (Phi) is 3.13. The predicted molar refractivity (Wildman–Crippen MR) is 57.9 cm³/mol. The lowest BCUT2D eigenvalue weighted by molar-refractivity contribution is 0.682. The van der Waals surface area contributed by atoms with E-state index in [9.17, 15) is 4.21 Å². The fraction of sp³-hybridized carbons (Fsp3) is 0.111. The molecule has 0 bridgehead atoms. The highest BCUT2D eigenvalue weighted by molar-refractivity contribution is 7.84. The number of hydrogen-bond donors (Lipinski definition) is 1. The molecule has 1 aromatic carbocycles. The van der Waals surface area contributed by atoms with Crippen molar-refractivity contribution in [3.8, 4) is 0 Å². The van der Waals surface area contributed by atoms with Gasteiger partial charge in [0.1, 0.15) is 0 Å². The first-order valence-electron chi connectivity index (χ1n) is 4.25. The Labute approximate surface area is 94.1 Å². The topological polar surface area (TPSA) is 58.6 Å². The molecule has 0 aliphatic rings. The van der Waals surface area contributed by atoms with Gasteiger partial charge in [-0.1, -0.05) is 23.7 Å². The van der Waals surface area contributed by atoms with Gasteiger partial charge in [-0.05, 0) is 12.1 Å². The average molecular weight is 242 g/mol. The van der Waals surface area contributed by atoms with E-state index in [4.69, 9.17) is 11.6 Å². The van der Waals surface area contributed by atoms with E-state index in [1.54, 1.807) is 24.4 Å². The summed E-state index contributed by atoms with van der Waals surface area (Å²) < 4.78 is 11.9. The van der Waals surface area contributed by atoms with Crippen LogP contribution in [0.4, 0.5) is 0 Å². The van der Waals surface area contributed by atoms with Gasteiger partial charge in [-0.25, -0.2) is 0 Å². The Morgan fingerprint density at radius 3 is 2.87 bits per heavy atom. The SMILES string of the molecule is O=S(Cc1cn[nH]n1)c1ccccc1Cl. The molecule has 0 saturated heterocycles. The summed E-state index contributed by atoms with van der Waals surface area (Å²) in [6.45, 7) is 0. The molecule has 1 N–H and O–H groups in total. The summed E-state index contributed by atoms with van der Waals surface area (Å²) in [5, 5.41) is 10.5. The minimum atomic E-state index is -1.18. The van der Waals surface area contributed by atoms with Gasteiger partial charge >= 0.3 is 0 Å². The second-order valence-electron chi connectivity index (χ2n) is 2.88. The lowest BCUT2D eigenvalue weighted by Crippen LogP contribution is -1.97. The summed E-state index contributed by atoms with van der Waals surface area (Å²) in [7, 11) is -1.18. The lowest BCUT2D eigenvalue weighted by atomic mass is 10.4. The number of nitrogens with zero attached hydrogens (tertiary/aromatic N) is 2. The zero-order chi connectivity index (χ0) is 10.7. The third kappa shape index (κ3) is 2.43. The number of rotatable bonds is 3. The quantitative estimate of drug-likeness (QED) is 0.891. The maximum Gasteiger partial charge on any atom is 0.0953 e. The third-order valence-corrected chi connectivity index (χ3v) is 3.67. The number of aromatic amines is 1. The van der Waals surface area contributed by atoms with Crippen LogP contribution in [0, 0.1) is 0 Å². The molecule has 0 radical (unpaired) electrons. The minimum absolute atomic E-state index is 0.320. The van der Waals surface area contributed by atoms with E-state index < -0.39 is 10.8 Å². The Hall–Kier alpha value is -1.20. The van der Waals surface area contributed by atoms with Gasteiger partial charge in [0.15, 0.2) is 0 Å². The highest BCUT2D eigenvalue weighted by Crippen LogP contribution is 2.20. The largest absolute Gasteiger partial charge is 0.254 e. The van der Waals surface area contributed by atoms with Crippen molar-refractivity contribution in [3.63, 3.8) is 0 Å². The van der Waals surface area contributed by atoms with Gasteiger partial charge in [0.2, 0.25) is 0 Å². The van der Waals surface area contributed by atoms with Crippen molar-refractivity contribution >= 4 is 22.4 Å². The number of hydrogen-bond acceptors (Lipinski definition) is 3. The van der Waals surface area contributed by atoms with Crippen LogP contribution < -0.4 is 0 Å². The maximum atomic E-state index is 11.9. The molecule has 0 aliphatic heterocycles. The Morgan fingerprint density at radius 1 is 1.40 bits per heavy atom. The van der Waals surface area contributed by atoms with Crippen LogP contribution in [0.5, 0.6) is 0 Å². The molecule has 6 heteroatoms. The summed E-state index contributed by atoms with van der Waals surface area (Å²) in [6.07, 6.45) is 1.55. The van der Waals surface area contributed by atoms with Crippen molar-refractivity contribution in [2.45, 2.75) is 10.6 Å². The molecule has 15 heavy (non-hydrogen) atoms. The predicted octanol–water partition coefficient (Wildman–Crippen LogP) is 1.77. The number of H-pyrrole nitrogens is 1. The molecule has 78 valence electrons. The fourth-order valence-corrected chi connectivity index (χ4v) is 2.61. The van der Waals surface area contributed by atoms with E-state index >= 15 is 0 Å². The van der Waals surface area contributed by atoms with Gasteiger partial charge < -0.3 is 0 Å². The molecule has 1 unspecified atom stereocenters. The lowest BCUT2D eigenvalue weighted by Gasteiger charge is -2.01. The molecule has 0 amide bonds. The maximum absolute atomic E-state index is 11.9. The zero-order valence-electron chi connectivity index (χ0n) is 7.68. The normalized spacial score (nSPS) is 12.6. The molecule has 1 heterocycles. The van der Waals surface area contributed by atoms with Gasteiger partial charge in [-0.2, -0.15) is 15.4 Å². The van der Waals surface area contributed by atoms with Gasteiger partial charge in [0, 0.05) is 0 Å². The molecule has 2 rings (SSSR count). The summed E-state index contributed by atoms with van der Waals surface area (Å²) in [4.78, 5) is 0.627. The summed E-state index contributed by atoms with van der Waals surface area (Å²) >= 11 is 5.92. The third-order valence-electron chi connectivity index (χ3n) is 1.83. The molecule has 0 fully saturated rings. The molecule has 2 aromatic rings. The first-order valence-corrected chi connectivity index (χ1v) is 5.94. The van der Waals surface area contributed by atoms with Crippen molar-refractivity contribution in [1.29, 1.82) is 0 Å². The van der Waals surface area contributed by atoms with E-state index in [2.05, 4.69) is 15.4 Å². The molecule has 0 spiro atoms. The molecular formula is C9H8ClN3OS. The number of aromatic nitrogens is 3. The standard InChI is InChI=1S/C9H8ClN3OS/c10-8-3-1-2-4-9(8)15(14)6-7-5-11-13-12-7/h1-5H,6H2,(H,11,12,13). The highest BCUT2D eigenvalue weighted by atomic mass is 35.5. The van der Waals surface area contributed by atoms with Gasteiger partial charge in [0.05, 0.1) is 38.4 Å². The van der Waals surface area contributed by atoms with Crippen molar-refractivity contribution < 1.29 is 4.21 Å². The van der Waals surface area contributed by atoms with Crippen LogP contribution in [0.2, 0.25) is 5.02 Å². The van der Waals surface area contributed by atoms with E-state index in [1.807, 2.05) is 6.07 Å². The number of benzene rings is 1. The van der Waals surface area contributed by atoms with Gasteiger partial charge in [0.25, 0.3) is 0 Å². The van der Waals surface area contributed by atoms with Crippen LogP contribution in [-0.4, -0.2) is 19.6 Å². The number of nitrogens with one attached hydrogen (secondary N) is 1. The molecule has 4 nitrogen and oxygen atoms in total. The summed E-state index contributed by atoms with van der Waals surface area (Å²) in [5.74, 6) is 0.320. The van der Waals surface area contributed by atoms with Crippen molar-refractivity contribution in [2.75, 3.05) is 0 Å². The second-order valence-corrected chi connectivity index (χ2v) is 4.71.